The highest BCUT2D eigenvalue weighted by atomic mass is 32.2. The Morgan fingerprint density at radius 1 is 1.17 bits per heavy atom. The first-order chi connectivity index (χ1) is 10.8. The molecule has 0 bridgehead atoms. The van der Waals surface area contributed by atoms with Crippen LogP contribution in [-0.2, 0) is 4.79 Å². The van der Waals surface area contributed by atoms with Crippen LogP contribution < -0.4 is 14.2 Å². The molecule has 1 aliphatic rings. The molecule has 2 rings (SSSR count). The number of ether oxygens (including phenoxy) is 3. The first-order valence-corrected chi connectivity index (χ1v) is 7.64. The fourth-order valence-electron chi connectivity index (χ4n) is 2.39. The van der Waals surface area contributed by atoms with Crippen molar-refractivity contribution in [3.05, 3.63) is 17.7 Å². The van der Waals surface area contributed by atoms with Gasteiger partial charge in [0.25, 0.3) is 0 Å². The zero-order chi connectivity index (χ0) is 17.2. The second-order valence-electron chi connectivity index (χ2n) is 4.72. The second-order valence-corrected chi connectivity index (χ2v) is 5.79. The lowest BCUT2D eigenvalue weighted by Gasteiger charge is -2.27. The summed E-state index contributed by atoms with van der Waals surface area (Å²) in [5, 5.41) is -0.793. The molecule has 0 aromatic heterocycles. The van der Waals surface area contributed by atoms with Crippen molar-refractivity contribution in [1.29, 1.82) is 0 Å². The molecule has 9 heteroatoms. The topological polar surface area (TPSA) is 48.0 Å². The van der Waals surface area contributed by atoms with E-state index in [0.29, 0.717) is 11.3 Å². The minimum absolute atomic E-state index is 0.0156. The van der Waals surface area contributed by atoms with Crippen molar-refractivity contribution in [2.45, 2.75) is 11.6 Å². The van der Waals surface area contributed by atoms with Gasteiger partial charge in [0.15, 0.2) is 11.5 Å². The number of amides is 1. The van der Waals surface area contributed by atoms with E-state index in [0.717, 1.165) is 16.7 Å². The Labute approximate surface area is 135 Å². The van der Waals surface area contributed by atoms with Crippen LogP contribution in [0.1, 0.15) is 10.9 Å². The Balaban J connectivity index is 2.45. The average molecular weight is 351 g/mol. The number of methoxy groups -OCH3 is 3. The number of thioether (sulfide) groups is 1. The summed E-state index contributed by atoms with van der Waals surface area (Å²) in [5.74, 6) is 0.350. The molecule has 5 nitrogen and oxygen atoms in total. The normalized spacial score (nSPS) is 18.3. The first kappa shape index (κ1) is 17.6. The van der Waals surface area contributed by atoms with Crippen LogP contribution >= 0.6 is 11.8 Å². The fraction of sp³-hybridized carbons (Fsp3) is 0.500. The van der Waals surface area contributed by atoms with E-state index in [2.05, 4.69) is 0 Å². The number of hydrogen-bond acceptors (Lipinski definition) is 5. The molecule has 0 saturated carbocycles. The Hall–Kier alpha value is -1.77. The number of carbonyl (C=O) groups excluding carboxylic acids is 1. The maximum absolute atomic E-state index is 12.7. The summed E-state index contributed by atoms with van der Waals surface area (Å²) < 4.78 is 53.9. The average Bonchev–Trinajstić information content (AvgIpc) is 2.84. The summed E-state index contributed by atoms with van der Waals surface area (Å²) in [5.41, 5.74) is 0.435. The van der Waals surface area contributed by atoms with Gasteiger partial charge >= 0.3 is 6.18 Å². The smallest absolute Gasteiger partial charge is 0.406 e. The summed E-state index contributed by atoms with van der Waals surface area (Å²) >= 11 is 1.11. The lowest BCUT2D eigenvalue weighted by Crippen LogP contribution is -2.37. The molecule has 0 radical (unpaired) electrons. The quantitative estimate of drug-likeness (QED) is 0.816. The van der Waals surface area contributed by atoms with E-state index in [1.807, 2.05) is 0 Å². The maximum Gasteiger partial charge on any atom is 0.406 e. The standard InChI is InChI=1S/C14H16F3NO4S/c1-20-9-5-4-8(11(21-2)12(9)22-3)13-18(7-14(15,16)17)10(19)6-23-13/h4-5,13H,6-7H2,1-3H3. The summed E-state index contributed by atoms with van der Waals surface area (Å²) in [6.07, 6.45) is -4.47. The lowest BCUT2D eigenvalue weighted by atomic mass is 10.1. The van der Waals surface area contributed by atoms with Crippen LogP contribution in [0.25, 0.3) is 0 Å². The molecule has 0 N–H and O–H groups in total. The predicted molar refractivity (Wildman–Crippen MR) is 79.1 cm³/mol. The minimum Gasteiger partial charge on any atom is -0.493 e. The highest BCUT2D eigenvalue weighted by Gasteiger charge is 2.42. The van der Waals surface area contributed by atoms with E-state index in [1.165, 1.54) is 21.3 Å². The van der Waals surface area contributed by atoms with Crippen molar-refractivity contribution in [2.75, 3.05) is 33.6 Å². The van der Waals surface area contributed by atoms with Crippen LogP contribution in [0.5, 0.6) is 17.2 Å². The zero-order valence-electron chi connectivity index (χ0n) is 12.8. The molecule has 0 aliphatic carbocycles. The summed E-state index contributed by atoms with van der Waals surface area (Å²) in [4.78, 5) is 12.6. The molecule has 1 heterocycles. The van der Waals surface area contributed by atoms with Crippen molar-refractivity contribution >= 4 is 17.7 Å². The molecule has 0 spiro atoms. The third-order valence-electron chi connectivity index (χ3n) is 3.32. The molecule has 128 valence electrons. The van der Waals surface area contributed by atoms with Gasteiger partial charge in [-0.1, -0.05) is 0 Å². The van der Waals surface area contributed by atoms with E-state index in [1.54, 1.807) is 12.1 Å². The van der Waals surface area contributed by atoms with Crippen LogP contribution in [-0.4, -0.2) is 50.6 Å². The Bertz CT molecular complexity index is 594. The van der Waals surface area contributed by atoms with E-state index < -0.39 is 24.0 Å². The summed E-state index contributed by atoms with van der Waals surface area (Å²) in [6, 6.07) is 3.16. The van der Waals surface area contributed by atoms with Gasteiger partial charge in [0.1, 0.15) is 11.9 Å². The Morgan fingerprint density at radius 2 is 1.83 bits per heavy atom. The van der Waals surface area contributed by atoms with Gasteiger partial charge in [-0.25, -0.2) is 0 Å². The minimum atomic E-state index is -4.47. The van der Waals surface area contributed by atoms with Crippen LogP contribution in [0.2, 0.25) is 0 Å². The zero-order valence-corrected chi connectivity index (χ0v) is 13.6. The van der Waals surface area contributed by atoms with Gasteiger partial charge in [-0.15, -0.1) is 11.8 Å². The van der Waals surface area contributed by atoms with Gasteiger partial charge in [0, 0.05) is 5.56 Å². The molecule has 1 saturated heterocycles. The highest BCUT2D eigenvalue weighted by Crippen LogP contribution is 2.49. The number of benzene rings is 1. The first-order valence-electron chi connectivity index (χ1n) is 6.59. The lowest BCUT2D eigenvalue weighted by molar-refractivity contribution is -0.159. The predicted octanol–water partition coefficient (Wildman–Crippen LogP) is 2.85. The summed E-state index contributed by atoms with van der Waals surface area (Å²) in [6.45, 7) is -1.30. The second kappa shape index (κ2) is 6.77. The molecule has 23 heavy (non-hydrogen) atoms. The number of alkyl halides is 3. The number of rotatable bonds is 5. The third-order valence-corrected chi connectivity index (χ3v) is 4.56. The molecule has 1 atom stereocenters. The number of carbonyl (C=O) groups is 1. The Morgan fingerprint density at radius 3 is 2.35 bits per heavy atom. The van der Waals surface area contributed by atoms with Crippen molar-refractivity contribution < 1.29 is 32.2 Å². The van der Waals surface area contributed by atoms with Crippen molar-refractivity contribution in [3.63, 3.8) is 0 Å². The van der Waals surface area contributed by atoms with E-state index >= 15 is 0 Å². The van der Waals surface area contributed by atoms with Crippen molar-refractivity contribution in [2.24, 2.45) is 0 Å². The van der Waals surface area contributed by atoms with Gasteiger partial charge in [0.2, 0.25) is 11.7 Å². The monoisotopic (exact) mass is 351 g/mol. The maximum atomic E-state index is 12.7. The molecular weight excluding hydrogens is 335 g/mol. The van der Waals surface area contributed by atoms with Gasteiger partial charge in [-0.05, 0) is 12.1 Å². The largest absolute Gasteiger partial charge is 0.493 e. The van der Waals surface area contributed by atoms with Crippen LogP contribution in [0, 0.1) is 0 Å². The van der Waals surface area contributed by atoms with Gasteiger partial charge in [0.05, 0.1) is 27.1 Å². The van der Waals surface area contributed by atoms with E-state index in [4.69, 9.17) is 14.2 Å². The van der Waals surface area contributed by atoms with Gasteiger partial charge in [-0.3, -0.25) is 4.79 Å². The Kier molecular flexibility index (Phi) is 5.18. The molecule has 1 unspecified atom stereocenters. The molecule has 1 fully saturated rings. The van der Waals surface area contributed by atoms with E-state index in [-0.39, 0.29) is 17.3 Å². The van der Waals surface area contributed by atoms with Crippen molar-refractivity contribution in [1.82, 2.24) is 4.90 Å². The number of nitrogens with zero attached hydrogens (tertiary/aromatic N) is 1. The number of halogens is 3. The summed E-state index contributed by atoms with van der Waals surface area (Å²) in [7, 11) is 4.24. The molecule has 1 amide bonds. The third kappa shape index (κ3) is 3.60. The van der Waals surface area contributed by atoms with Gasteiger partial charge in [-0.2, -0.15) is 13.2 Å². The van der Waals surface area contributed by atoms with Crippen molar-refractivity contribution in [3.8, 4) is 17.2 Å². The number of hydrogen-bond donors (Lipinski definition) is 0. The van der Waals surface area contributed by atoms with Crippen LogP contribution in [0.15, 0.2) is 12.1 Å². The van der Waals surface area contributed by atoms with Crippen LogP contribution in [0.4, 0.5) is 13.2 Å². The molecular formula is C14H16F3NO4S. The van der Waals surface area contributed by atoms with Crippen LogP contribution in [0.3, 0.4) is 0 Å². The van der Waals surface area contributed by atoms with Gasteiger partial charge < -0.3 is 19.1 Å². The molecule has 1 aromatic rings. The fourth-order valence-corrected chi connectivity index (χ4v) is 3.60. The highest BCUT2D eigenvalue weighted by molar-refractivity contribution is 8.00. The SMILES string of the molecule is COc1ccc(C2SCC(=O)N2CC(F)(F)F)c(OC)c1OC. The molecule has 1 aliphatic heterocycles. The van der Waals surface area contributed by atoms with E-state index in [9.17, 15) is 18.0 Å². The molecule has 1 aromatic carbocycles.